The standard InChI is InChI=1S/C31H34N6O5/c1-40-28-15-20(2-4-26(28)36-10-12-41-13-11-36)25-16-24-30(33-19-34-31(24)35-25)21-3-5-27(22(14-21)17-32)42-23-6-8-37(9-7-23)29(39)18-38/h3-5,14-16,19-20,23,38H,2,6-13,18H2,1H3,(H,33,34,35). The summed E-state index contributed by atoms with van der Waals surface area (Å²) in [6.07, 6.45) is 7.92. The molecule has 1 aliphatic carbocycles. The number of carbonyl (C=O) groups is 1. The maximum Gasteiger partial charge on any atom is 0.248 e. The van der Waals surface area contributed by atoms with Crippen LogP contribution in [0.1, 0.15) is 36.4 Å². The molecule has 0 spiro atoms. The van der Waals surface area contributed by atoms with Crippen LogP contribution in [-0.4, -0.2) is 95.0 Å². The molecule has 0 saturated carbocycles. The molecule has 2 aliphatic heterocycles. The Kier molecular flexibility index (Phi) is 8.08. The Labute approximate surface area is 244 Å². The largest absolute Gasteiger partial charge is 0.495 e. The van der Waals surface area contributed by atoms with Gasteiger partial charge in [0.1, 0.15) is 42.3 Å². The second kappa shape index (κ2) is 12.2. The molecular formula is C31H34N6O5. The Bertz CT molecular complexity index is 1560. The van der Waals surface area contributed by atoms with Gasteiger partial charge in [0.25, 0.3) is 0 Å². The van der Waals surface area contributed by atoms with Gasteiger partial charge in [0, 0.05) is 61.6 Å². The van der Waals surface area contributed by atoms with E-state index in [0.717, 1.165) is 72.2 Å². The number of nitrogens with zero attached hydrogens (tertiary/aromatic N) is 5. The van der Waals surface area contributed by atoms with Gasteiger partial charge in [-0.2, -0.15) is 5.26 Å². The van der Waals surface area contributed by atoms with Gasteiger partial charge in [0.05, 0.1) is 37.3 Å². The molecule has 1 amide bonds. The molecule has 1 atom stereocenters. The second-order valence-electron chi connectivity index (χ2n) is 10.7. The first-order valence-electron chi connectivity index (χ1n) is 14.3. The maximum atomic E-state index is 11.8. The fourth-order valence-electron chi connectivity index (χ4n) is 5.91. The van der Waals surface area contributed by atoms with E-state index in [0.29, 0.717) is 37.2 Å². The number of hydrogen-bond donors (Lipinski definition) is 2. The third-order valence-electron chi connectivity index (χ3n) is 8.18. The zero-order chi connectivity index (χ0) is 29.1. The Balaban J connectivity index is 1.21. The molecule has 0 bridgehead atoms. The summed E-state index contributed by atoms with van der Waals surface area (Å²) in [5, 5.41) is 19.9. The molecule has 3 aliphatic rings. The Morgan fingerprint density at radius 1 is 1.19 bits per heavy atom. The summed E-state index contributed by atoms with van der Waals surface area (Å²) in [6, 6.07) is 9.88. The summed E-state index contributed by atoms with van der Waals surface area (Å²) in [4.78, 5) is 28.2. The fraction of sp³-hybridized carbons (Fsp3) is 0.419. The van der Waals surface area contributed by atoms with Crippen molar-refractivity contribution in [3.63, 3.8) is 0 Å². The number of aliphatic hydroxyl groups is 1. The fourth-order valence-corrected chi connectivity index (χ4v) is 5.91. The number of likely N-dealkylation sites (tertiary alicyclic amines) is 1. The molecule has 2 aromatic heterocycles. The third-order valence-corrected chi connectivity index (χ3v) is 8.18. The highest BCUT2D eigenvalue weighted by atomic mass is 16.5. The number of rotatable bonds is 7. The minimum Gasteiger partial charge on any atom is -0.495 e. The lowest BCUT2D eigenvalue weighted by atomic mass is 9.94. The first-order chi connectivity index (χ1) is 20.6. The summed E-state index contributed by atoms with van der Waals surface area (Å²) in [5.41, 5.74) is 4.82. The normalized spacial score (nSPS) is 19.7. The van der Waals surface area contributed by atoms with Crippen LogP contribution in [0.2, 0.25) is 0 Å². The van der Waals surface area contributed by atoms with E-state index >= 15 is 0 Å². The van der Waals surface area contributed by atoms with E-state index in [2.05, 4.69) is 44.1 Å². The van der Waals surface area contributed by atoms with Crippen LogP contribution in [0, 0.1) is 11.3 Å². The topological polar surface area (TPSA) is 137 Å². The highest BCUT2D eigenvalue weighted by Crippen LogP contribution is 2.36. The van der Waals surface area contributed by atoms with Gasteiger partial charge < -0.3 is 34.1 Å². The van der Waals surface area contributed by atoms with E-state index < -0.39 is 6.61 Å². The number of carbonyl (C=O) groups excluding carboxylic acids is 1. The summed E-state index contributed by atoms with van der Waals surface area (Å²) >= 11 is 0. The average Bonchev–Trinajstić information content (AvgIpc) is 3.50. The molecule has 1 unspecified atom stereocenters. The van der Waals surface area contributed by atoms with Gasteiger partial charge in [-0.05, 0) is 36.8 Å². The Hall–Kier alpha value is -4.40. The number of aliphatic hydroxyl groups excluding tert-OH is 1. The molecule has 218 valence electrons. The van der Waals surface area contributed by atoms with Crippen LogP contribution in [-0.2, 0) is 14.3 Å². The predicted molar refractivity (Wildman–Crippen MR) is 154 cm³/mol. The molecule has 0 radical (unpaired) electrons. The van der Waals surface area contributed by atoms with Crippen LogP contribution in [0.15, 0.2) is 54.2 Å². The van der Waals surface area contributed by atoms with Gasteiger partial charge in [-0.1, -0.05) is 6.08 Å². The van der Waals surface area contributed by atoms with Crippen molar-refractivity contribution in [3.8, 4) is 23.1 Å². The molecule has 11 nitrogen and oxygen atoms in total. The summed E-state index contributed by atoms with van der Waals surface area (Å²) in [6.45, 7) is 3.69. The Morgan fingerprint density at radius 2 is 2.00 bits per heavy atom. The minimum atomic E-state index is -0.483. The van der Waals surface area contributed by atoms with Crippen molar-refractivity contribution in [1.29, 1.82) is 5.26 Å². The van der Waals surface area contributed by atoms with Crippen molar-refractivity contribution < 1.29 is 24.1 Å². The number of hydrogen-bond acceptors (Lipinski definition) is 9. The van der Waals surface area contributed by atoms with E-state index in [1.54, 1.807) is 18.1 Å². The van der Waals surface area contributed by atoms with Gasteiger partial charge in [-0.3, -0.25) is 4.79 Å². The summed E-state index contributed by atoms with van der Waals surface area (Å²) < 4.78 is 17.5. The zero-order valence-electron chi connectivity index (χ0n) is 23.6. The average molecular weight is 571 g/mol. The number of nitriles is 1. The number of allylic oxidation sites excluding steroid dienone is 2. The van der Waals surface area contributed by atoms with Crippen molar-refractivity contribution in [2.24, 2.45) is 0 Å². The molecular weight excluding hydrogens is 536 g/mol. The van der Waals surface area contributed by atoms with Crippen molar-refractivity contribution in [3.05, 3.63) is 65.5 Å². The number of amides is 1. The monoisotopic (exact) mass is 570 g/mol. The van der Waals surface area contributed by atoms with Crippen LogP contribution >= 0.6 is 0 Å². The Morgan fingerprint density at radius 3 is 2.74 bits per heavy atom. The van der Waals surface area contributed by atoms with E-state index in [-0.39, 0.29) is 17.9 Å². The van der Waals surface area contributed by atoms with Crippen LogP contribution in [0.4, 0.5) is 0 Å². The number of piperidine rings is 1. The highest BCUT2D eigenvalue weighted by molar-refractivity contribution is 5.91. The minimum absolute atomic E-state index is 0.0938. The van der Waals surface area contributed by atoms with Crippen LogP contribution in [0.5, 0.6) is 5.75 Å². The number of H-pyrrole nitrogens is 1. The van der Waals surface area contributed by atoms with E-state index in [9.17, 15) is 10.1 Å². The molecule has 3 aromatic rings. The number of fused-ring (bicyclic) bond motifs is 1. The lowest BCUT2D eigenvalue weighted by Crippen LogP contribution is -2.42. The molecule has 2 N–H and O–H groups in total. The molecule has 6 rings (SSSR count). The molecule has 42 heavy (non-hydrogen) atoms. The van der Waals surface area contributed by atoms with Crippen molar-refractivity contribution >= 4 is 16.9 Å². The van der Waals surface area contributed by atoms with Gasteiger partial charge in [0.2, 0.25) is 5.91 Å². The lowest BCUT2D eigenvalue weighted by molar-refractivity contribution is -0.135. The third kappa shape index (κ3) is 5.55. The number of methoxy groups -OCH3 is 1. The van der Waals surface area contributed by atoms with Gasteiger partial charge in [-0.15, -0.1) is 0 Å². The molecule has 1 aromatic carbocycles. The van der Waals surface area contributed by atoms with Crippen LogP contribution in [0.3, 0.4) is 0 Å². The maximum absolute atomic E-state index is 11.8. The number of aromatic amines is 1. The number of aromatic nitrogens is 3. The summed E-state index contributed by atoms with van der Waals surface area (Å²) in [5.74, 6) is 1.19. The molecule has 11 heteroatoms. The van der Waals surface area contributed by atoms with Crippen molar-refractivity contribution in [2.45, 2.75) is 31.3 Å². The first-order valence-corrected chi connectivity index (χ1v) is 14.3. The summed E-state index contributed by atoms with van der Waals surface area (Å²) in [7, 11) is 1.71. The number of benzene rings is 1. The SMILES string of the molecule is COC1=CC(c2cc3c(-c4ccc(OC5CCN(C(=O)CO)CC5)c(C#N)c4)ncnc3[nH]2)CC=C1N1CCOCC1. The molecule has 4 heterocycles. The molecule has 2 fully saturated rings. The predicted octanol–water partition coefficient (Wildman–Crippen LogP) is 3.09. The van der Waals surface area contributed by atoms with Gasteiger partial charge in [0.15, 0.2) is 0 Å². The number of nitrogens with one attached hydrogen (secondary N) is 1. The highest BCUT2D eigenvalue weighted by Gasteiger charge is 2.26. The van der Waals surface area contributed by atoms with Crippen molar-refractivity contribution in [1.82, 2.24) is 24.8 Å². The zero-order valence-corrected chi connectivity index (χ0v) is 23.6. The second-order valence-corrected chi connectivity index (χ2v) is 10.7. The quantitative estimate of drug-likeness (QED) is 0.439. The smallest absolute Gasteiger partial charge is 0.248 e. The van der Waals surface area contributed by atoms with Crippen LogP contribution < -0.4 is 4.74 Å². The number of morpholine rings is 1. The van der Waals surface area contributed by atoms with E-state index in [1.165, 1.54) is 6.33 Å². The van der Waals surface area contributed by atoms with Crippen LogP contribution in [0.25, 0.3) is 22.3 Å². The number of ether oxygens (including phenoxy) is 3. The van der Waals surface area contributed by atoms with Crippen molar-refractivity contribution in [2.75, 3.05) is 53.1 Å². The molecule has 2 saturated heterocycles. The first kappa shape index (κ1) is 27.8. The van der Waals surface area contributed by atoms with Gasteiger partial charge >= 0.3 is 0 Å². The van der Waals surface area contributed by atoms with E-state index in [4.69, 9.17) is 19.3 Å². The lowest BCUT2D eigenvalue weighted by Gasteiger charge is -2.33. The van der Waals surface area contributed by atoms with Gasteiger partial charge in [-0.25, -0.2) is 9.97 Å². The van der Waals surface area contributed by atoms with E-state index in [1.807, 2.05) is 12.1 Å².